The number of esters is 1. The van der Waals surface area contributed by atoms with Gasteiger partial charge in [0.1, 0.15) is 23.8 Å². The molecular formula is C13H12O3S. The largest absolute Gasteiger partial charge is 0.490 e. The number of rotatable bonds is 5. The molecule has 4 heteroatoms. The molecule has 0 atom stereocenters. The van der Waals surface area contributed by atoms with E-state index in [-0.39, 0.29) is 12.6 Å². The highest BCUT2D eigenvalue weighted by molar-refractivity contribution is 7.11. The van der Waals surface area contributed by atoms with Crippen LogP contribution in [0.1, 0.15) is 9.67 Å². The molecule has 3 nitrogen and oxygen atoms in total. The molecule has 2 aromatic rings. The molecule has 17 heavy (non-hydrogen) atoms. The topological polar surface area (TPSA) is 35.5 Å². The third-order valence-corrected chi connectivity index (χ3v) is 2.90. The van der Waals surface area contributed by atoms with Gasteiger partial charge in [-0.1, -0.05) is 24.3 Å². The minimum Gasteiger partial charge on any atom is -0.490 e. The van der Waals surface area contributed by atoms with Gasteiger partial charge in [0, 0.05) is 0 Å². The van der Waals surface area contributed by atoms with E-state index in [1.807, 2.05) is 41.8 Å². The standard InChI is InChI=1S/C13H12O3S/c14-13(12-7-4-10-17-12)16-9-8-15-11-5-2-1-3-6-11/h1-7,10H,8-9H2. The van der Waals surface area contributed by atoms with Crippen molar-refractivity contribution in [3.8, 4) is 5.75 Å². The summed E-state index contributed by atoms with van der Waals surface area (Å²) in [7, 11) is 0. The first-order valence-corrected chi connectivity index (χ1v) is 6.13. The zero-order valence-corrected chi connectivity index (χ0v) is 9.98. The van der Waals surface area contributed by atoms with E-state index in [0.717, 1.165) is 5.75 Å². The average molecular weight is 248 g/mol. The third kappa shape index (κ3) is 3.60. The van der Waals surface area contributed by atoms with E-state index < -0.39 is 0 Å². The molecule has 0 saturated heterocycles. The van der Waals surface area contributed by atoms with Crippen molar-refractivity contribution >= 4 is 17.3 Å². The summed E-state index contributed by atoms with van der Waals surface area (Å²) < 4.78 is 10.5. The Bertz CT molecular complexity index is 451. The molecule has 0 N–H and O–H groups in total. The molecule has 0 saturated carbocycles. The maximum Gasteiger partial charge on any atom is 0.348 e. The first-order chi connectivity index (χ1) is 8.36. The van der Waals surface area contributed by atoms with Gasteiger partial charge in [-0.05, 0) is 23.6 Å². The molecule has 1 heterocycles. The quantitative estimate of drug-likeness (QED) is 0.602. The summed E-state index contributed by atoms with van der Waals surface area (Å²) in [6.07, 6.45) is 0. The van der Waals surface area contributed by atoms with Crippen molar-refractivity contribution in [2.75, 3.05) is 13.2 Å². The fourth-order valence-electron chi connectivity index (χ4n) is 1.28. The Labute approximate surface area is 104 Å². The highest BCUT2D eigenvalue weighted by Gasteiger charge is 2.06. The van der Waals surface area contributed by atoms with Crippen LogP contribution in [0, 0.1) is 0 Å². The van der Waals surface area contributed by atoms with Crippen LogP contribution in [-0.4, -0.2) is 19.2 Å². The molecule has 0 spiro atoms. The van der Waals surface area contributed by atoms with E-state index >= 15 is 0 Å². The number of benzene rings is 1. The molecule has 0 radical (unpaired) electrons. The van der Waals surface area contributed by atoms with Crippen molar-refractivity contribution in [2.24, 2.45) is 0 Å². The van der Waals surface area contributed by atoms with Gasteiger partial charge >= 0.3 is 5.97 Å². The second-order valence-corrected chi connectivity index (χ2v) is 4.22. The summed E-state index contributed by atoms with van der Waals surface area (Å²) in [5.41, 5.74) is 0. The van der Waals surface area contributed by atoms with E-state index in [9.17, 15) is 4.79 Å². The minimum atomic E-state index is -0.295. The van der Waals surface area contributed by atoms with Crippen LogP contribution in [0.4, 0.5) is 0 Å². The minimum absolute atomic E-state index is 0.256. The first-order valence-electron chi connectivity index (χ1n) is 5.25. The molecule has 0 amide bonds. The van der Waals surface area contributed by atoms with Gasteiger partial charge < -0.3 is 9.47 Å². The summed E-state index contributed by atoms with van der Waals surface area (Å²) in [5, 5.41) is 1.84. The van der Waals surface area contributed by atoms with E-state index in [2.05, 4.69) is 0 Å². The Hall–Kier alpha value is -1.81. The van der Waals surface area contributed by atoms with Crippen molar-refractivity contribution in [3.05, 3.63) is 52.7 Å². The second kappa shape index (κ2) is 6.06. The Kier molecular flexibility index (Phi) is 4.16. The molecule has 88 valence electrons. The predicted molar refractivity (Wildman–Crippen MR) is 66.5 cm³/mol. The summed E-state index contributed by atoms with van der Waals surface area (Å²) in [4.78, 5) is 12.1. The summed E-state index contributed by atoms with van der Waals surface area (Å²) in [6.45, 7) is 0.618. The number of hydrogen-bond acceptors (Lipinski definition) is 4. The Morgan fingerprint density at radius 3 is 2.59 bits per heavy atom. The summed E-state index contributed by atoms with van der Waals surface area (Å²) in [6, 6.07) is 13.0. The van der Waals surface area contributed by atoms with Crippen LogP contribution < -0.4 is 4.74 Å². The molecule has 0 unspecified atom stereocenters. The number of thiophene rings is 1. The van der Waals surface area contributed by atoms with Gasteiger partial charge in [-0.15, -0.1) is 11.3 Å². The fourth-order valence-corrected chi connectivity index (χ4v) is 1.89. The van der Waals surface area contributed by atoms with Gasteiger partial charge in [-0.25, -0.2) is 4.79 Å². The monoisotopic (exact) mass is 248 g/mol. The van der Waals surface area contributed by atoms with Crippen LogP contribution in [0.2, 0.25) is 0 Å². The van der Waals surface area contributed by atoms with Gasteiger partial charge in [-0.3, -0.25) is 0 Å². The third-order valence-electron chi connectivity index (χ3n) is 2.05. The van der Waals surface area contributed by atoms with Gasteiger partial charge in [0.05, 0.1) is 0 Å². The zero-order chi connectivity index (χ0) is 11.9. The SMILES string of the molecule is O=C(OCCOc1ccccc1)c1cccs1. The highest BCUT2D eigenvalue weighted by Crippen LogP contribution is 2.10. The normalized spacial score (nSPS) is 9.88. The van der Waals surface area contributed by atoms with Crippen LogP contribution in [-0.2, 0) is 4.74 Å². The van der Waals surface area contributed by atoms with Crippen molar-refractivity contribution in [2.45, 2.75) is 0 Å². The van der Waals surface area contributed by atoms with Crippen LogP contribution >= 0.6 is 11.3 Å². The number of ether oxygens (including phenoxy) is 2. The van der Waals surface area contributed by atoms with E-state index in [4.69, 9.17) is 9.47 Å². The Morgan fingerprint density at radius 2 is 1.88 bits per heavy atom. The lowest BCUT2D eigenvalue weighted by Gasteiger charge is -2.06. The molecule has 0 fully saturated rings. The van der Waals surface area contributed by atoms with Crippen molar-refractivity contribution in [1.82, 2.24) is 0 Å². The molecule has 1 aromatic heterocycles. The number of carbonyl (C=O) groups excluding carboxylic acids is 1. The van der Waals surface area contributed by atoms with Gasteiger partial charge in [0.25, 0.3) is 0 Å². The van der Waals surface area contributed by atoms with Gasteiger partial charge in [0.15, 0.2) is 0 Å². The lowest BCUT2D eigenvalue weighted by Crippen LogP contribution is -2.11. The first kappa shape index (κ1) is 11.7. The maximum atomic E-state index is 11.4. The van der Waals surface area contributed by atoms with E-state index in [1.165, 1.54) is 11.3 Å². The molecule has 0 aliphatic carbocycles. The molecule has 1 aromatic carbocycles. The van der Waals surface area contributed by atoms with Gasteiger partial charge in [0.2, 0.25) is 0 Å². The van der Waals surface area contributed by atoms with Crippen LogP contribution in [0.15, 0.2) is 47.8 Å². The molecular weight excluding hydrogens is 236 g/mol. The Balaban J connectivity index is 1.69. The summed E-state index contributed by atoms with van der Waals surface area (Å²) >= 11 is 1.37. The maximum absolute atomic E-state index is 11.4. The fraction of sp³-hybridized carbons (Fsp3) is 0.154. The predicted octanol–water partition coefficient (Wildman–Crippen LogP) is 2.98. The van der Waals surface area contributed by atoms with Crippen molar-refractivity contribution in [3.63, 3.8) is 0 Å². The molecule has 0 aliphatic heterocycles. The van der Waals surface area contributed by atoms with Crippen molar-refractivity contribution in [1.29, 1.82) is 0 Å². The number of para-hydroxylation sites is 1. The smallest absolute Gasteiger partial charge is 0.348 e. The second-order valence-electron chi connectivity index (χ2n) is 3.27. The van der Waals surface area contributed by atoms with Crippen LogP contribution in [0.25, 0.3) is 0 Å². The number of carbonyl (C=O) groups is 1. The van der Waals surface area contributed by atoms with Crippen LogP contribution in [0.5, 0.6) is 5.75 Å². The van der Waals surface area contributed by atoms with Gasteiger partial charge in [-0.2, -0.15) is 0 Å². The highest BCUT2D eigenvalue weighted by atomic mass is 32.1. The number of hydrogen-bond donors (Lipinski definition) is 0. The Morgan fingerprint density at radius 1 is 1.06 bits per heavy atom. The summed E-state index contributed by atoms with van der Waals surface area (Å²) in [5.74, 6) is 0.483. The lowest BCUT2D eigenvalue weighted by molar-refractivity contribution is 0.0456. The van der Waals surface area contributed by atoms with Crippen LogP contribution in [0.3, 0.4) is 0 Å². The zero-order valence-electron chi connectivity index (χ0n) is 9.17. The average Bonchev–Trinajstić information content (AvgIpc) is 2.89. The lowest BCUT2D eigenvalue weighted by atomic mass is 10.3. The van der Waals surface area contributed by atoms with Crippen molar-refractivity contribution < 1.29 is 14.3 Å². The van der Waals surface area contributed by atoms with E-state index in [0.29, 0.717) is 11.5 Å². The molecule has 0 aliphatic rings. The van der Waals surface area contributed by atoms with E-state index in [1.54, 1.807) is 6.07 Å². The molecule has 2 rings (SSSR count). The molecule has 0 bridgehead atoms.